The Kier molecular flexibility index (Phi) is 8.30. The minimum atomic E-state index is -4.12. The minimum absolute atomic E-state index is 0.479. The Morgan fingerprint density at radius 1 is 1.00 bits per heavy atom. The van der Waals surface area contributed by atoms with E-state index in [9.17, 15) is 13.2 Å². The summed E-state index contributed by atoms with van der Waals surface area (Å²) in [5, 5.41) is -0.740. The molecule has 0 bridgehead atoms. The Hall–Kier alpha value is 0.0800. The van der Waals surface area contributed by atoms with Crippen molar-refractivity contribution in [3.05, 3.63) is 0 Å². The lowest BCUT2D eigenvalue weighted by atomic mass is 10.1. The summed E-state index contributed by atoms with van der Waals surface area (Å²) in [6.07, 6.45) is 2.02. The van der Waals surface area contributed by atoms with E-state index >= 15 is 0 Å². The van der Waals surface area contributed by atoms with Gasteiger partial charge in [-0.3, -0.25) is 0 Å². The van der Waals surface area contributed by atoms with Crippen molar-refractivity contribution >= 4 is 11.6 Å². The Morgan fingerprint density at radius 2 is 1.53 bits per heavy atom. The van der Waals surface area contributed by atoms with E-state index in [1.54, 1.807) is 0 Å². The van der Waals surface area contributed by atoms with Crippen molar-refractivity contribution in [2.75, 3.05) is 0 Å². The zero-order valence-corrected chi connectivity index (χ0v) is 10.0. The number of unbranched alkanes of at least 4 members (excludes halogenated alkanes) is 5. The third-order valence-electron chi connectivity index (χ3n) is 2.32. The number of hydrogen-bond acceptors (Lipinski definition) is 0. The second kappa shape index (κ2) is 8.26. The summed E-state index contributed by atoms with van der Waals surface area (Å²) >= 11 is 5.59. The summed E-state index contributed by atoms with van der Waals surface area (Å²) in [5.41, 5.74) is 0. The van der Waals surface area contributed by atoms with Crippen LogP contribution in [0.25, 0.3) is 0 Å². The van der Waals surface area contributed by atoms with Gasteiger partial charge in [-0.2, -0.15) is 13.2 Å². The summed E-state index contributed by atoms with van der Waals surface area (Å²) < 4.78 is 35.7. The maximum absolute atomic E-state index is 11.9. The first-order valence-corrected chi connectivity index (χ1v) is 6.10. The largest absolute Gasteiger partial charge is 0.390 e. The summed E-state index contributed by atoms with van der Waals surface area (Å²) in [6.45, 7) is 2.14. The van der Waals surface area contributed by atoms with Crippen molar-refractivity contribution in [2.24, 2.45) is 0 Å². The van der Waals surface area contributed by atoms with Gasteiger partial charge >= 0.3 is 6.18 Å². The quantitative estimate of drug-likeness (QED) is 0.402. The minimum Gasteiger partial charge on any atom is -0.171 e. The summed E-state index contributed by atoms with van der Waals surface area (Å²) in [7, 11) is 0. The number of halogens is 4. The van der Waals surface area contributed by atoms with Crippen LogP contribution in [0, 0.1) is 0 Å². The van der Waals surface area contributed by atoms with E-state index in [1.807, 2.05) is 0 Å². The third kappa shape index (κ3) is 12.0. The molecule has 0 aliphatic rings. The molecule has 0 fully saturated rings. The predicted molar refractivity (Wildman–Crippen MR) is 58.3 cm³/mol. The highest BCUT2D eigenvalue weighted by Crippen LogP contribution is 2.26. The second-order valence-corrected chi connectivity index (χ2v) is 4.59. The van der Waals surface area contributed by atoms with E-state index in [1.165, 1.54) is 19.3 Å². The Morgan fingerprint density at radius 3 is 2.07 bits per heavy atom. The Bertz CT molecular complexity index is 145. The van der Waals surface area contributed by atoms with Gasteiger partial charge in [0.2, 0.25) is 0 Å². The molecule has 0 spiro atoms. The van der Waals surface area contributed by atoms with E-state index in [4.69, 9.17) is 11.6 Å². The number of alkyl halides is 4. The molecular weight excluding hydrogens is 225 g/mol. The van der Waals surface area contributed by atoms with Crippen LogP contribution in [0.15, 0.2) is 0 Å². The van der Waals surface area contributed by atoms with Crippen LogP contribution in [-0.4, -0.2) is 11.6 Å². The van der Waals surface area contributed by atoms with E-state index < -0.39 is 18.0 Å². The van der Waals surface area contributed by atoms with E-state index in [2.05, 4.69) is 6.92 Å². The van der Waals surface area contributed by atoms with Crippen LogP contribution >= 0.6 is 11.6 Å². The highest BCUT2D eigenvalue weighted by Gasteiger charge is 2.30. The van der Waals surface area contributed by atoms with Crippen molar-refractivity contribution in [3.8, 4) is 0 Å². The predicted octanol–water partition coefficient (Wildman–Crippen LogP) is 5.30. The fourth-order valence-corrected chi connectivity index (χ4v) is 1.83. The zero-order valence-electron chi connectivity index (χ0n) is 9.25. The molecule has 0 radical (unpaired) electrons. The molecule has 15 heavy (non-hydrogen) atoms. The van der Waals surface area contributed by atoms with Crippen molar-refractivity contribution in [1.82, 2.24) is 0 Å². The number of hydrogen-bond donors (Lipinski definition) is 0. The van der Waals surface area contributed by atoms with Gasteiger partial charge in [-0.1, -0.05) is 45.4 Å². The van der Waals surface area contributed by atoms with Gasteiger partial charge in [0.1, 0.15) is 0 Å². The SMILES string of the molecule is CCCCCCCCC(Cl)CC(F)(F)F. The first-order chi connectivity index (χ1) is 6.95. The molecule has 92 valence electrons. The lowest BCUT2D eigenvalue weighted by Crippen LogP contribution is -2.15. The fourth-order valence-electron chi connectivity index (χ4n) is 1.50. The molecule has 0 heterocycles. The van der Waals surface area contributed by atoms with Crippen molar-refractivity contribution in [1.29, 1.82) is 0 Å². The van der Waals surface area contributed by atoms with E-state index in [0.29, 0.717) is 6.42 Å². The highest BCUT2D eigenvalue weighted by atomic mass is 35.5. The van der Waals surface area contributed by atoms with E-state index in [-0.39, 0.29) is 0 Å². The molecular formula is C11H20ClF3. The summed E-state index contributed by atoms with van der Waals surface area (Å²) in [4.78, 5) is 0. The van der Waals surface area contributed by atoms with Crippen LogP contribution in [0.2, 0.25) is 0 Å². The zero-order chi connectivity index (χ0) is 11.7. The molecule has 4 heteroatoms. The maximum Gasteiger partial charge on any atom is 0.390 e. The first kappa shape index (κ1) is 15.1. The fraction of sp³-hybridized carbons (Fsp3) is 1.00. The Balaban J connectivity index is 3.28. The van der Waals surface area contributed by atoms with Crippen molar-refractivity contribution in [2.45, 2.75) is 69.8 Å². The van der Waals surface area contributed by atoms with Crippen molar-refractivity contribution in [3.63, 3.8) is 0 Å². The summed E-state index contributed by atoms with van der Waals surface area (Å²) in [6, 6.07) is 0. The average molecular weight is 245 g/mol. The van der Waals surface area contributed by atoms with Gasteiger partial charge in [0.05, 0.1) is 6.42 Å². The van der Waals surface area contributed by atoms with Gasteiger partial charge in [-0.25, -0.2) is 0 Å². The molecule has 0 nitrogen and oxygen atoms in total. The Labute approximate surface area is 95.2 Å². The first-order valence-electron chi connectivity index (χ1n) is 5.66. The van der Waals surface area contributed by atoms with Crippen molar-refractivity contribution < 1.29 is 13.2 Å². The molecule has 0 aromatic rings. The van der Waals surface area contributed by atoms with E-state index in [0.717, 1.165) is 19.3 Å². The second-order valence-electron chi connectivity index (χ2n) is 3.97. The van der Waals surface area contributed by atoms with Gasteiger partial charge in [0, 0.05) is 5.38 Å². The van der Waals surface area contributed by atoms with Crippen LogP contribution < -0.4 is 0 Å². The molecule has 0 rings (SSSR count). The molecule has 0 aromatic carbocycles. The van der Waals surface area contributed by atoms with Gasteiger partial charge in [0.25, 0.3) is 0 Å². The third-order valence-corrected chi connectivity index (χ3v) is 2.70. The van der Waals surface area contributed by atoms with Gasteiger partial charge in [-0.05, 0) is 6.42 Å². The molecule has 0 aliphatic carbocycles. The highest BCUT2D eigenvalue weighted by molar-refractivity contribution is 6.20. The molecule has 0 aromatic heterocycles. The molecule has 1 unspecified atom stereocenters. The molecule has 1 atom stereocenters. The monoisotopic (exact) mass is 244 g/mol. The standard InChI is InChI=1S/C11H20ClF3/c1-2-3-4-5-6-7-8-10(12)9-11(13,14)15/h10H,2-9H2,1H3. The maximum atomic E-state index is 11.9. The molecule has 0 saturated carbocycles. The van der Waals surface area contributed by atoms with Crippen LogP contribution in [0.1, 0.15) is 58.3 Å². The van der Waals surface area contributed by atoms with Gasteiger partial charge in [-0.15, -0.1) is 11.6 Å². The molecule has 0 N–H and O–H groups in total. The van der Waals surface area contributed by atoms with Crippen LogP contribution in [0.4, 0.5) is 13.2 Å². The average Bonchev–Trinajstić information content (AvgIpc) is 2.08. The molecule has 0 aliphatic heterocycles. The normalized spacial score (nSPS) is 14.2. The van der Waals surface area contributed by atoms with Crippen LogP contribution in [-0.2, 0) is 0 Å². The lowest BCUT2D eigenvalue weighted by molar-refractivity contribution is -0.134. The van der Waals surface area contributed by atoms with Crippen LogP contribution in [0.3, 0.4) is 0 Å². The summed E-state index contributed by atoms with van der Waals surface area (Å²) in [5.74, 6) is 0. The lowest BCUT2D eigenvalue weighted by Gasteiger charge is -2.11. The van der Waals surface area contributed by atoms with Crippen LogP contribution in [0.5, 0.6) is 0 Å². The molecule has 0 saturated heterocycles. The molecule has 0 amide bonds. The smallest absolute Gasteiger partial charge is 0.171 e. The topological polar surface area (TPSA) is 0 Å². The number of rotatable bonds is 8. The van der Waals surface area contributed by atoms with Gasteiger partial charge < -0.3 is 0 Å². The van der Waals surface area contributed by atoms with Gasteiger partial charge in [0.15, 0.2) is 0 Å².